The fourth-order valence-corrected chi connectivity index (χ4v) is 3.26. The Hall–Kier alpha value is -3.03. The molecule has 0 radical (unpaired) electrons. The van der Waals surface area contributed by atoms with Gasteiger partial charge in [0, 0.05) is 0 Å². The van der Waals surface area contributed by atoms with E-state index in [0.29, 0.717) is 12.2 Å². The first-order chi connectivity index (χ1) is 17.1. The van der Waals surface area contributed by atoms with Crippen molar-refractivity contribution in [2.24, 2.45) is 5.92 Å². The van der Waals surface area contributed by atoms with Crippen molar-refractivity contribution in [1.29, 1.82) is 0 Å². The van der Waals surface area contributed by atoms with Crippen LogP contribution in [0.3, 0.4) is 0 Å². The number of hydrogen-bond donors (Lipinski definition) is 5. The van der Waals surface area contributed by atoms with E-state index in [2.05, 4.69) is 31.3 Å². The van der Waals surface area contributed by atoms with Gasteiger partial charge in [-0.3, -0.25) is 19.2 Å². The molecule has 0 rings (SSSR count). The Morgan fingerprint density at radius 3 is 1.95 bits per heavy atom. The molecule has 37 heavy (non-hydrogen) atoms. The van der Waals surface area contributed by atoms with Gasteiger partial charge in [0.1, 0.15) is 23.7 Å². The van der Waals surface area contributed by atoms with Crippen molar-refractivity contribution in [2.75, 3.05) is 32.2 Å². The summed E-state index contributed by atoms with van der Waals surface area (Å²) < 4.78 is 9.74. The molecule has 5 amide bonds. The molecule has 212 valence electrons. The zero-order valence-electron chi connectivity index (χ0n) is 22.8. The van der Waals surface area contributed by atoms with Crippen LogP contribution in [0.4, 0.5) is 4.79 Å². The molecule has 0 bridgehead atoms. The average molecular weight is 548 g/mol. The largest absolute Gasteiger partial charge is 0.467 e. The molecule has 0 aliphatic heterocycles. The number of hydrogen-bond acceptors (Lipinski definition) is 9. The molecule has 0 aliphatic rings. The lowest BCUT2D eigenvalue weighted by atomic mass is 10.0. The van der Waals surface area contributed by atoms with Crippen molar-refractivity contribution >= 4 is 47.5 Å². The van der Waals surface area contributed by atoms with E-state index in [0.717, 1.165) is 0 Å². The van der Waals surface area contributed by atoms with E-state index >= 15 is 0 Å². The summed E-state index contributed by atoms with van der Waals surface area (Å²) in [5.74, 6) is -2.78. The van der Waals surface area contributed by atoms with Crippen LogP contribution < -0.4 is 26.6 Å². The minimum absolute atomic E-state index is 0.306. The second-order valence-electron chi connectivity index (χ2n) is 9.52. The Kier molecular flexibility index (Phi) is 15.3. The SMILES string of the molecule is COC(=O)[C@H](C)NC(=O)[C@@H](NC(=O)CNC(=O)CNC(=O)[C@H](CCSC)NC(=O)OC(C)(C)C)C(C)C. The van der Waals surface area contributed by atoms with E-state index < -0.39 is 72.5 Å². The second kappa shape index (κ2) is 16.7. The quantitative estimate of drug-likeness (QED) is 0.182. The van der Waals surface area contributed by atoms with Crippen molar-refractivity contribution in [3.05, 3.63) is 0 Å². The van der Waals surface area contributed by atoms with Crippen LogP contribution in [-0.2, 0) is 33.4 Å². The van der Waals surface area contributed by atoms with Crippen LogP contribution in [0.25, 0.3) is 0 Å². The molecule has 0 aromatic rings. The topological polar surface area (TPSA) is 181 Å². The predicted molar refractivity (Wildman–Crippen MR) is 139 cm³/mol. The fraction of sp³-hybridized carbons (Fsp3) is 0.739. The Bertz CT molecular complexity index is 815. The molecular weight excluding hydrogens is 506 g/mol. The third kappa shape index (κ3) is 15.0. The number of esters is 1. The average Bonchev–Trinajstić information content (AvgIpc) is 2.79. The molecule has 0 aliphatic carbocycles. The number of ether oxygens (including phenoxy) is 2. The molecule has 0 saturated carbocycles. The Balaban J connectivity index is 4.77. The molecule has 3 atom stereocenters. The van der Waals surface area contributed by atoms with E-state index in [4.69, 9.17) is 4.74 Å². The van der Waals surface area contributed by atoms with E-state index in [1.807, 2.05) is 6.26 Å². The first-order valence-corrected chi connectivity index (χ1v) is 13.2. The summed E-state index contributed by atoms with van der Waals surface area (Å²) in [6.45, 7) is 9.09. The zero-order chi connectivity index (χ0) is 28.8. The van der Waals surface area contributed by atoms with E-state index in [9.17, 15) is 28.8 Å². The van der Waals surface area contributed by atoms with Gasteiger partial charge >= 0.3 is 12.1 Å². The molecule has 0 saturated heterocycles. The lowest BCUT2D eigenvalue weighted by Crippen LogP contribution is -2.55. The normalized spacial score (nSPS) is 13.4. The number of alkyl carbamates (subject to hydrolysis) is 1. The smallest absolute Gasteiger partial charge is 0.408 e. The van der Waals surface area contributed by atoms with Crippen molar-refractivity contribution in [1.82, 2.24) is 26.6 Å². The lowest BCUT2D eigenvalue weighted by molar-refractivity contribution is -0.145. The minimum Gasteiger partial charge on any atom is -0.467 e. The third-order valence-electron chi connectivity index (χ3n) is 4.67. The highest BCUT2D eigenvalue weighted by atomic mass is 32.2. The summed E-state index contributed by atoms with van der Waals surface area (Å²) in [5.41, 5.74) is -0.736. The standard InChI is InChI=1S/C23H41N5O8S/c1-13(2)18(20(32)26-14(3)21(33)35-7)28-17(30)12-24-16(29)11-25-19(31)15(9-10-37-8)27-22(34)36-23(4,5)6/h13-15,18H,9-12H2,1-8H3,(H,24,29)(H,25,31)(H,26,32)(H,27,34)(H,28,30)/t14-,15-,18-/m0/s1. The van der Waals surface area contributed by atoms with Gasteiger partial charge in [0.25, 0.3) is 0 Å². The van der Waals surface area contributed by atoms with Gasteiger partial charge in [-0.05, 0) is 52.0 Å². The summed E-state index contributed by atoms with van der Waals surface area (Å²) in [4.78, 5) is 73.0. The molecule has 0 aromatic carbocycles. The zero-order valence-corrected chi connectivity index (χ0v) is 23.6. The molecule has 5 N–H and O–H groups in total. The van der Waals surface area contributed by atoms with Gasteiger partial charge in [0.05, 0.1) is 20.2 Å². The van der Waals surface area contributed by atoms with Gasteiger partial charge < -0.3 is 36.1 Å². The fourth-order valence-electron chi connectivity index (χ4n) is 2.78. The Morgan fingerprint density at radius 2 is 1.43 bits per heavy atom. The number of amides is 5. The third-order valence-corrected chi connectivity index (χ3v) is 5.31. The maximum atomic E-state index is 12.5. The first kappa shape index (κ1) is 34.0. The highest BCUT2D eigenvalue weighted by Crippen LogP contribution is 2.08. The van der Waals surface area contributed by atoms with Gasteiger partial charge in [0.2, 0.25) is 23.6 Å². The maximum absolute atomic E-state index is 12.5. The van der Waals surface area contributed by atoms with Crippen LogP contribution >= 0.6 is 11.8 Å². The molecule has 0 aromatic heterocycles. The van der Waals surface area contributed by atoms with Crippen LogP contribution in [-0.4, -0.2) is 91.6 Å². The monoisotopic (exact) mass is 547 g/mol. The van der Waals surface area contributed by atoms with Crippen LogP contribution in [0.15, 0.2) is 0 Å². The van der Waals surface area contributed by atoms with Gasteiger partial charge in [-0.15, -0.1) is 0 Å². The van der Waals surface area contributed by atoms with Crippen molar-refractivity contribution in [2.45, 2.75) is 71.7 Å². The van der Waals surface area contributed by atoms with Crippen LogP contribution in [0.1, 0.15) is 48.0 Å². The Labute approximate surface area is 222 Å². The van der Waals surface area contributed by atoms with Gasteiger partial charge in [-0.25, -0.2) is 9.59 Å². The van der Waals surface area contributed by atoms with Crippen LogP contribution in [0.5, 0.6) is 0 Å². The summed E-state index contributed by atoms with van der Waals surface area (Å²) in [6.07, 6.45) is 1.43. The minimum atomic E-state index is -0.952. The maximum Gasteiger partial charge on any atom is 0.408 e. The second-order valence-corrected chi connectivity index (χ2v) is 10.5. The molecule has 13 nitrogen and oxygen atoms in total. The van der Waals surface area contributed by atoms with E-state index in [1.165, 1.54) is 25.8 Å². The van der Waals surface area contributed by atoms with E-state index in [1.54, 1.807) is 34.6 Å². The summed E-state index contributed by atoms with van der Waals surface area (Å²) in [6, 6.07) is -2.76. The molecule has 0 heterocycles. The molecule has 0 fully saturated rings. The molecule has 0 spiro atoms. The lowest BCUT2D eigenvalue weighted by Gasteiger charge is -2.23. The summed E-state index contributed by atoms with van der Waals surface area (Å²) >= 11 is 1.49. The van der Waals surface area contributed by atoms with Crippen molar-refractivity contribution in [3.63, 3.8) is 0 Å². The number of nitrogens with one attached hydrogen (secondary N) is 5. The number of rotatable bonds is 14. The van der Waals surface area contributed by atoms with Gasteiger partial charge in [-0.2, -0.15) is 11.8 Å². The molecular formula is C23H41N5O8S. The van der Waals surface area contributed by atoms with E-state index in [-0.39, 0.29) is 5.92 Å². The summed E-state index contributed by atoms with van der Waals surface area (Å²) in [5, 5.41) is 12.3. The summed E-state index contributed by atoms with van der Waals surface area (Å²) in [7, 11) is 1.19. The molecule has 0 unspecified atom stereocenters. The number of carbonyl (C=O) groups is 6. The highest BCUT2D eigenvalue weighted by Gasteiger charge is 2.28. The number of carbonyl (C=O) groups excluding carboxylic acids is 6. The number of thioether (sulfide) groups is 1. The van der Waals surface area contributed by atoms with Crippen LogP contribution in [0, 0.1) is 5.92 Å². The first-order valence-electron chi connectivity index (χ1n) is 11.8. The van der Waals surface area contributed by atoms with Crippen molar-refractivity contribution < 1.29 is 38.2 Å². The van der Waals surface area contributed by atoms with Gasteiger partial charge in [0.15, 0.2) is 0 Å². The number of methoxy groups -OCH3 is 1. The molecule has 14 heteroatoms. The highest BCUT2D eigenvalue weighted by molar-refractivity contribution is 7.98. The van der Waals surface area contributed by atoms with Crippen LogP contribution in [0.2, 0.25) is 0 Å². The van der Waals surface area contributed by atoms with Gasteiger partial charge in [-0.1, -0.05) is 13.8 Å². The Morgan fingerprint density at radius 1 is 0.838 bits per heavy atom. The predicted octanol–water partition coefficient (Wildman–Crippen LogP) is -0.316. The van der Waals surface area contributed by atoms with Crippen molar-refractivity contribution in [3.8, 4) is 0 Å².